The smallest absolute Gasteiger partial charge is 0.222 e. The molecule has 100 valence electrons. The fourth-order valence-corrected chi connectivity index (χ4v) is 2.31. The van der Waals surface area contributed by atoms with Gasteiger partial charge in [0.2, 0.25) is 5.95 Å². The maximum absolute atomic E-state index is 4.47. The summed E-state index contributed by atoms with van der Waals surface area (Å²) in [5.74, 6) is 0.695. The van der Waals surface area contributed by atoms with Gasteiger partial charge in [-0.15, -0.1) is 0 Å². The van der Waals surface area contributed by atoms with Crippen LogP contribution in [0.1, 0.15) is 19.5 Å². The van der Waals surface area contributed by atoms with Gasteiger partial charge in [-0.2, -0.15) is 0 Å². The van der Waals surface area contributed by atoms with Crippen LogP contribution in [0, 0.1) is 0 Å². The standard InChI is InChI=1S/C13H23N5/c1-13(2)10-18(8-7-17(13)4)9-11-5-6-15-12(14-3)16-11/h5-6H,7-10H2,1-4H3,(H,14,15,16). The molecule has 1 aliphatic heterocycles. The van der Waals surface area contributed by atoms with Crippen molar-refractivity contribution in [3.63, 3.8) is 0 Å². The van der Waals surface area contributed by atoms with E-state index in [2.05, 4.69) is 46.0 Å². The Hall–Kier alpha value is -1.20. The van der Waals surface area contributed by atoms with Crippen LogP contribution in [0.25, 0.3) is 0 Å². The molecule has 1 N–H and O–H groups in total. The van der Waals surface area contributed by atoms with Gasteiger partial charge < -0.3 is 5.32 Å². The summed E-state index contributed by atoms with van der Waals surface area (Å²) in [5, 5.41) is 2.98. The average molecular weight is 249 g/mol. The lowest BCUT2D eigenvalue weighted by atomic mass is 10.00. The summed E-state index contributed by atoms with van der Waals surface area (Å²) < 4.78 is 0. The zero-order valence-corrected chi connectivity index (χ0v) is 11.8. The molecule has 1 aromatic heterocycles. The second kappa shape index (κ2) is 5.20. The highest BCUT2D eigenvalue weighted by molar-refractivity contribution is 5.23. The molecule has 0 aromatic carbocycles. The van der Waals surface area contributed by atoms with Crippen molar-refractivity contribution in [1.29, 1.82) is 0 Å². The highest BCUT2D eigenvalue weighted by Gasteiger charge is 2.30. The zero-order valence-electron chi connectivity index (χ0n) is 11.8. The number of anilines is 1. The molecule has 0 amide bonds. The Balaban J connectivity index is 2.01. The minimum Gasteiger partial charge on any atom is -0.357 e. The number of rotatable bonds is 3. The van der Waals surface area contributed by atoms with E-state index in [1.807, 2.05) is 19.3 Å². The van der Waals surface area contributed by atoms with Crippen molar-refractivity contribution in [2.24, 2.45) is 0 Å². The molecule has 0 aliphatic carbocycles. The van der Waals surface area contributed by atoms with Crippen LogP contribution in [0.15, 0.2) is 12.3 Å². The lowest BCUT2D eigenvalue weighted by molar-refractivity contribution is 0.0354. The molecular formula is C13H23N5. The van der Waals surface area contributed by atoms with Crippen molar-refractivity contribution >= 4 is 5.95 Å². The first-order chi connectivity index (χ1) is 8.51. The first-order valence-corrected chi connectivity index (χ1v) is 6.44. The molecule has 5 heteroatoms. The van der Waals surface area contributed by atoms with Crippen molar-refractivity contribution in [3.05, 3.63) is 18.0 Å². The monoisotopic (exact) mass is 249 g/mol. The van der Waals surface area contributed by atoms with Gasteiger partial charge in [0.15, 0.2) is 0 Å². The molecule has 1 fully saturated rings. The van der Waals surface area contributed by atoms with Crippen LogP contribution >= 0.6 is 0 Å². The number of piperazine rings is 1. The van der Waals surface area contributed by atoms with E-state index < -0.39 is 0 Å². The summed E-state index contributed by atoms with van der Waals surface area (Å²) in [6.07, 6.45) is 1.81. The van der Waals surface area contributed by atoms with Crippen LogP contribution < -0.4 is 5.32 Å². The molecule has 1 aliphatic rings. The van der Waals surface area contributed by atoms with E-state index in [1.54, 1.807) is 0 Å². The molecule has 0 saturated carbocycles. The molecule has 2 heterocycles. The molecular weight excluding hydrogens is 226 g/mol. The summed E-state index contributed by atoms with van der Waals surface area (Å²) in [6, 6.07) is 1.99. The largest absolute Gasteiger partial charge is 0.357 e. The van der Waals surface area contributed by atoms with Gasteiger partial charge in [0.25, 0.3) is 0 Å². The Kier molecular flexibility index (Phi) is 3.82. The predicted octanol–water partition coefficient (Wildman–Crippen LogP) is 1.04. The summed E-state index contributed by atoms with van der Waals surface area (Å²) >= 11 is 0. The first-order valence-electron chi connectivity index (χ1n) is 6.44. The Morgan fingerprint density at radius 1 is 1.39 bits per heavy atom. The van der Waals surface area contributed by atoms with Crippen molar-refractivity contribution in [2.75, 3.05) is 39.0 Å². The summed E-state index contributed by atoms with van der Waals surface area (Å²) in [6.45, 7) is 8.75. The predicted molar refractivity (Wildman–Crippen MR) is 73.6 cm³/mol. The number of hydrogen-bond donors (Lipinski definition) is 1. The summed E-state index contributed by atoms with van der Waals surface area (Å²) in [5.41, 5.74) is 1.31. The number of hydrogen-bond acceptors (Lipinski definition) is 5. The minimum absolute atomic E-state index is 0.233. The number of aromatic nitrogens is 2. The lowest BCUT2D eigenvalue weighted by Gasteiger charge is -2.45. The van der Waals surface area contributed by atoms with Gasteiger partial charge >= 0.3 is 0 Å². The third-order valence-electron chi connectivity index (χ3n) is 3.72. The Morgan fingerprint density at radius 2 is 2.17 bits per heavy atom. The summed E-state index contributed by atoms with van der Waals surface area (Å²) in [7, 11) is 4.04. The van der Waals surface area contributed by atoms with Crippen LogP contribution in [0.2, 0.25) is 0 Å². The van der Waals surface area contributed by atoms with Crippen LogP contribution in [0.5, 0.6) is 0 Å². The van der Waals surface area contributed by atoms with E-state index in [1.165, 1.54) is 0 Å². The van der Waals surface area contributed by atoms with E-state index in [0.717, 1.165) is 31.9 Å². The highest BCUT2D eigenvalue weighted by atomic mass is 15.3. The van der Waals surface area contributed by atoms with Gasteiger partial charge in [-0.05, 0) is 27.0 Å². The van der Waals surface area contributed by atoms with Gasteiger partial charge in [-0.25, -0.2) is 9.97 Å². The molecule has 1 saturated heterocycles. The zero-order chi connectivity index (χ0) is 13.2. The topological polar surface area (TPSA) is 44.3 Å². The highest BCUT2D eigenvalue weighted by Crippen LogP contribution is 2.20. The van der Waals surface area contributed by atoms with E-state index in [4.69, 9.17) is 0 Å². The maximum atomic E-state index is 4.47. The van der Waals surface area contributed by atoms with Crippen molar-refractivity contribution in [2.45, 2.75) is 25.9 Å². The molecule has 0 spiro atoms. The minimum atomic E-state index is 0.233. The summed E-state index contributed by atoms with van der Waals surface area (Å²) in [4.78, 5) is 13.5. The second-order valence-electron chi connectivity index (χ2n) is 5.57. The molecule has 0 unspecified atom stereocenters. The normalized spacial score (nSPS) is 20.9. The van der Waals surface area contributed by atoms with E-state index in [-0.39, 0.29) is 5.54 Å². The van der Waals surface area contributed by atoms with Crippen LogP contribution in [0.3, 0.4) is 0 Å². The van der Waals surface area contributed by atoms with Gasteiger partial charge in [0, 0.05) is 45.0 Å². The lowest BCUT2D eigenvalue weighted by Crippen LogP contribution is -2.57. The Bertz CT molecular complexity index is 404. The molecule has 0 radical (unpaired) electrons. The third-order valence-corrected chi connectivity index (χ3v) is 3.72. The van der Waals surface area contributed by atoms with Gasteiger partial charge in [0.05, 0.1) is 5.69 Å². The second-order valence-corrected chi connectivity index (χ2v) is 5.57. The van der Waals surface area contributed by atoms with Crippen LogP contribution in [-0.2, 0) is 6.54 Å². The maximum Gasteiger partial charge on any atom is 0.222 e. The number of nitrogens with one attached hydrogen (secondary N) is 1. The van der Waals surface area contributed by atoms with Gasteiger partial charge in [0.1, 0.15) is 0 Å². The molecule has 2 rings (SSSR count). The molecule has 0 bridgehead atoms. The third kappa shape index (κ3) is 2.97. The van der Waals surface area contributed by atoms with E-state index in [9.17, 15) is 0 Å². The van der Waals surface area contributed by atoms with Gasteiger partial charge in [-0.1, -0.05) is 0 Å². The fourth-order valence-electron chi connectivity index (χ4n) is 2.31. The first kappa shape index (κ1) is 13.2. The fraction of sp³-hybridized carbons (Fsp3) is 0.692. The molecule has 5 nitrogen and oxygen atoms in total. The number of nitrogens with zero attached hydrogens (tertiary/aromatic N) is 4. The van der Waals surface area contributed by atoms with E-state index in [0.29, 0.717) is 5.95 Å². The van der Waals surface area contributed by atoms with Crippen LogP contribution in [-0.4, -0.2) is 59.0 Å². The van der Waals surface area contributed by atoms with Crippen molar-refractivity contribution in [1.82, 2.24) is 19.8 Å². The van der Waals surface area contributed by atoms with Crippen molar-refractivity contribution in [3.8, 4) is 0 Å². The van der Waals surface area contributed by atoms with E-state index >= 15 is 0 Å². The van der Waals surface area contributed by atoms with Gasteiger partial charge in [-0.3, -0.25) is 9.80 Å². The quantitative estimate of drug-likeness (QED) is 0.867. The Labute approximate surface area is 109 Å². The molecule has 0 atom stereocenters. The Morgan fingerprint density at radius 3 is 2.83 bits per heavy atom. The SMILES string of the molecule is CNc1nccc(CN2CCN(C)C(C)(C)C2)n1. The average Bonchev–Trinajstić information content (AvgIpc) is 2.34. The number of likely N-dealkylation sites (N-methyl/N-ethyl adjacent to an activating group) is 1. The molecule has 18 heavy (non-hydrogen) atoms. The van der Waals surface area contributed by atoms with Crippen LogP contribution in [0.4, 0.5) is 5.95 Å². The van der Waals surface area contributed by atoms with Crippen molar-refractivity contribution < 1.29 is 0 Å². The molecule has 1 aromatic rings.